The van der Waals surface area contributed by atoms with Gasteiger partial charge in [0.2, 0.25) is 11.8 Å². The zero-order chi connectivity index (χ0) is 31.8. The van der Waals surface area contributed by atoms with Crippen LogP contribution in [0.1, 0.15) is 52.2 Å². The van der Waals surface area contributed by atoms with Gasteiger partial charge in [-0.05, 0) is 94.8 Å². The highest BCUT2D eigenvalue weighted by molar-refractivity contribution is 7.98. The van der Waals surface area contributed by atoms with Gasteiger partial charge >= 0.3 is 0 Å². The first-order valence-electron chi connectivity index (χ1n) is 14.4. The summed E-state index contributed by atoms with van der Waals surface area (Å²) in [6, 6.07) is 20.2. The minimum absolute atomic E-state index is 0.0485. The molecule has 0 spiro atoms. The summed E-state index contributed by atoms with van der Waals surface area (Å²) in [5, 5.41) is 3.00. The summed E-state index contributed by atoms with van der Waals surface area (Å²) < 4.78 is 35.4. The summed E-state index contributed by atoms with van der Waals surface area (Å²) in [6.45, 7) is 11.2. The standard InChI is InChI=1S/C33H43N3O5S2/c1-8-28(32(38)34-33(4,5)6)35(22-25-15-11-10-14-24(25)3)31(37)23-36(29-16-12-13-17-30(29)41-9-2)43(39,40)27-20-18-26(42-7)19-21-27/h10-21,28H,8-9,22-23H2,1-7H3,(H,34,38)/t28-/m1/s1. The molecule has 8 nitrogen and oxygen atoms in total. The number of anilines is 1. The molecule has 0 radical (unpaired) electrons. The van der Waals surface area contributed by atoms with Crippen molar-refractivity contribution in [2.75, 3.05) is 23.7 Å². The third-order valence-electron chi connectivity index (χ3n) is 6.85. The van der Waals surface area contributed by atoms with Gasteiger partial charge in [0.25, 0.3) is 10.0 Å². The molecule has 43 heavy (non-hydrogen) atoms. The summed E-state index contributed by atoms with van der Waals surface area (Å²) in [5.41, 5.74) is 1.56. The van der Waals surface area contributed by atoms with E-state index in [1.54, 1.807) is 48.5 Å². The third kappa shape index (κ3) is 8.76. The van der Waals surface area contributed by atoms with Gasteiger partial charge in [0.1, 0.15) is 18.3 Å². The fourth-order valence-corrected chi connectivity index (χ4v) is 6.51. The normalized spacial score (nSPS) is 12.3. The van der Waals surface area contributed by atoms with Crippen LogP contribution in [-0.2, 0) is 26.2 Å². The van der Waals surface area contributed by atoms with Crippen LogP contribution in [0.25, 0.3) is 0 Å². The van der Waals surface area contributed by atoms with Crippen LogP contribution in [0, 0.1) is 6.92 Å². The van der Waals surface area contributed by atoms with E-state index in [0.29, 0.717) is 18.8 Å². The van der Waals surface area contributed by atoms with Gasteiger partial charge in [0, 0.05) is 17.0 Å². The molecule has 0 heterocycles. The summed E-state index contributed by atoms with van der Waals surface area (Å²) >= 11 is 1.50. The Morgan fingerprint density at radius 2 is 1.58 bits per heavy atom. The van der Waals surface area contributed by atoms with Crippen LogP contribution >= 0.6 is 11.8 Å². The first kappa shape index (κ1) is 34.0. The van der Waals surface area contributed by atoms with Crippen molar-refractivity contribution in [1.82, 2.24) is 10.2 Å². The Balaban J connectivity index is 2.14. The maximum Gasteiger partial charge on any atom is 0.264 e. The molecule has 0 aliphatic heterocycles. The van der Waals surface area contributed by atoms with E-state index < -0.39 is 34.1 Å². The van der Waals surface area contributed by atoms with Crippen molar-refractivity contribution in [3.8, 4) is 5.75 Å². The molecule has 1 atom stereocenters. The first-order valence-corrected chi connectivity index (χ1v) is 17.0. The first-order chi connectivity index (χ1) is 20.3. The number of thioether (sulfide) groups is 1. The number of para-hydroxylation sites is 2. The number of aryl methyl sites for hydroxylation is 1. The fourth-order valence-electron chi connectivity index (χ4n) is 4.67. The molecule has 3 aromatic rings. The summed E-state index contributed by atoms with van der Waals surface area (Å²) in [4.78, 5) is 30.3. The van der Waals surface area contributed by atoms with Crippen LogP contribution in [0.15, 0.2) is 82.6 Å². The molecule has 0 fully saturated rings. The Morgan fingerprint density at radius 1 is 0.953 bits per heavy atom. The highest BCUT2D eigenvalue weighted by Crippen LogP contribution is 2.33. The van der Waals surface area contributed by atoms with Gasteiger partial charge < -0.3 is 15.0 Å². The van der Waals surface area contributed by atoms with Gasteiger partial charge in [-0.1, -0.05) is 43.3 Å². The Morgan fingerprint density at radius 3 is 2.16 bits per heavy atom. The lowest BCUT2D eigenvalue weighted by molar-refractivity contribution is -0.141. The van der Waals surface area contributed by atoms with Crippen LogP contribution < -0.4 is 14.4 Å². The van der Waals surface area contributed by atoms with Crippen molar-refractivity contribution in [1.29, 1.82) is 0 Å². The number of carbonyl (C=O) groups is 2. The average molecular weight is 626 g/mol. The number of ether oxygens (including phenoxy) is 1. The molecule has 2 amide bonds. The number of hydrogen-bond donors (Lipinski definition) is 1. The van der Waals surface area contributed by atoms with Crippen LogP contribution in [-0.4, -0.2) is 56.1 Å². The van der Waals surface area contributed by atoms with Crippen molar-refractivity contribution in [2.45, 2.75) is 75.9 Å². The number of sulfonamides is 1. The number of nitrogens with one attached hydrogen (secondary N) is 1. The van der Waals surface area contributed by atoms with E-state index in [0.717, 1.165) is 20.3 Å². The molecule has 0 saturated heterocycles. The van der Waals surface area contributed by atoms with Crippen molar-refractivity contribution in [2.24, 2.45) is 0 Å². The predicted molar refractivity (Wildman–Crippen MR) is 174 cm³/mol. The van der Waals surface area contributed by atoms with E-state index in [1.807, 2.05) is 72.1 Å². The molecule has 0 unspecified atom stereocenters. The minimum atomic E-state index is -4.21. The van der Waals surface area contributed by atoms with Crippen molar-refractivity contribution >= 4 is 39.3 Å². The molecule has 1 N–H and O–H groups in total. The second-order valence-corrected chi connectivity index (χ2v) is 13.9. The quantitative estimate of drug-likeness (QED) is 0.233. The van der Waals surface area contributed by atoms with Gasteiger partial charge in [0.05, 0.1) is 17.2 Å². The van der Waals surface area contributed by atoms with Crippen molar-refractivity contribution in [3.63, 3.8) is 0 Å². The molecule has 10 heteroatoms. The number of carbonyl (C=O) groups excluding carboxylic acids is 2. The monoisotopic (exact) mass is 625 g/mol. The lowest BCUT2D eigenvalue weighted by Gasteiger charge is -2.35. The van der Waals surface area contributed by atoms with Crippen LogP contribution in [0.5, 0.6) is 5.75 Å². The second-order valence-electron chi connectivity index (χ2n) is 11.2. The van der Waals surface area contributed by atoms with E-state index in [2.05, 4.69) is 5.32 Å². The van der Waals surface area contributed by atoms with Gasteiger partial charge in [-0.25, -0.2) is 8.42 Å². The SMILES string of the molecule is CCOc1ccccc1N(CC(=O)N(Cc1ccccc1C)[C@H](CC)C(=O)NC(C)(C)C)S(=O)(=O)c1ccc(SC)cc1. The summed E-state index contributed by atoms with van der Waals surface area (Å²) in [7, 11) is -4.21. The molecule has 0 aromatic heterocycles. The maximum absolute atomic E-state index is 14.4. The van der Waals surface area contributed by atoms with Crippen molar-refractivity contribution in [3.05, 3.63) is 83.9 Å². The van der Waals surface area contributed by atoms with Crippen LogP contribution in [0.2, 0.25) is 0 Å². The number of nitrogens with zero attached hydrogens (tertiary/aromatic N) is 2. The van der Waals surface area contributed by atoms with E-state index >= 15 is 0 Å². The van der Waals surface area contributed by atoms with Crippen LogP contribution in [0.4, 0.5) is 5.69 Å². The van der Waals surface area contributed by atoms with Gasteiger partial charge in [0.15, 0.2) is 0 Å². The van der Waals surface area contributed by atoms with Gasteiger partial charge in [-0.15, -0.1) is 11.8 Å². The van der Waals surface area contributed by atoms with Crippen LogP contribution in [0.3, 0.4) is 0 Å². The summed E-state index contributed by atoms with van der Waals surface area (Å²) in [5.74, 6) is -0.464. The number of rotatable bonds is 13. The van der Waals surface area contributed by atoms with E-state index in [1.165, 1.54) is 16.7 Å². The zero-order valence-electron chi connectivity index (χ0n) is 26.1. The highest BCUT2D eigenvalue weighted by Gasteiger charge is 2.35. The van der Waals surface area contributed by atoms with Crippen molar-refractivity contribution < 1.29 is 22.7 Å². The number of hydrogen-bond acceptors (Lipinski definition) is 6. The third-order valence-corrected chi connectivity index (χ3v) is 9.36. The molecule has 3 rings (SSSR count). The topological polar surface area (TPSA) is 96.0 Å². The largest absolute Gasteiger partial charge is 0.492 e. The van der Waals surface area contributed by atoms with E-state index in [9.17, 15) is 18.0 Å². The second kappa shape index (κ2) is 14.8. The average Bonchev–Trinajstić information content (AvgIpc) is 2.96. The lowest BCUT2D eigenvalue weighted by atomic mass is 10.0. The van der Waals surface area contributed by atoms with Gasteiger partial charge in [-0.3, -0.25) is 13.9 Å². The maximum atomic E-state index is 14.4. The molecule has 0 aliphatic rings. The van der Waals surface area contributed by atoms with Gasteiger partial charge in [-0.2, -0.15) is 0 Å². The molecule has 0 saturated carbocycles. The minimum Gasteiger partial charge on any atom is -0.492 e. The van der Waals surface area contributed by atoms with E-state index in [-0.39, 0.29) is 23.0 Å². The Bertz CT molecular complexity index is 1500. The molecule has 0 bridgehead atoms. The number of benzene rings is 3. The Kier molecular flexibility index (Phi) is 11.7. The molecule has 232 valence electrons. The molecular formula is C33H43N3O5S2. The predicted octanol–water partition coefficient (Wildman–Crippen LogP) is 6.03. The summed E-state index contributed by atoms with van der Waals surface area (Å²) in [6.07, 6.45) is 2.26. The fraction of sp³-hybridized carbons (Fsp3) is 0.394. The number of amides is 2. The Labute approximate surface area is 260 Å². The van der Waals surface area contributed by atoms with E-state index in [4.69, 9.17) is 4.74 Å². The Hall–Kier alpha value is -3.50. The molecular weight excluding hydrogens is 583 g/mol. The lowest BCUT2D eigenvalue weighted by Crippen LogP contribution is -2.55. The highest BCUT2D eigenvalue weighted by atomic mass is 32.2. The molecule has 0 aliphatic carbocycles. The smallest absolute Gasteiger partial charge is 0.264 e. The zero-order valence-corrected chi connectivity index (χ0v) is 27.7. The molecule has 3 aromatic carbocycles.